The van der Waals surface area contributed by atoms with Gasteiger partial charge in [0.1, 0.15) is 10.7 Å². The summed E-state index contributed by atoms with van der Waals surface area (Å²) in [6, 6.07) is 4.62. The van der Waals surface area contributed by atoms with E-state index < -0.39 is 5.82 Å². The zero-order chi connectivity index (χ0) is 14.7. The molecule has 0 bridgehead atoms. The van der Waals surface area contributed by atoms with Gasteiger partial charge in [0.05, 0.1) is 23.7 Å². The van der Waals surface area contributed by atoms with Crippen molar-refractivity contribution in [2.75, 3.05) is 19.5 Å². The SMILES string of the molecule is CCC(COC)NC(=O)c1sc2cccc(F)c2c1N. The Morgan fingerprint density at radius 3 is 2.90 bits per heavy atom. The van der Waals surface area contributed by atoms with Gasteiger partial charge in [-0.3, -0.25) is 4.79 Å². The zero-order valence-corrected chi connectivity index (χ0v) is 12.2. The van der Waals surface area contributed by atoms with Crippen molar-refractivity contribution in [3.8, 4) is 0 Å². The lowest BCUT2D eigenvalue weighted by molar-refractivity contribution is 0.0899. The third kappa shape index (κ3) is 2.76. The molecule has 0 aliphatic heterocycles. The van der Waals surface area contributed by atoms with Crippen LogP contribution >= 0.6 is 11.3 Å². The van der Waals surface area contributed by atoms with Gasteiger partial charge in [-0.1, -0.05) is 13.0 Å². The topological polar surface area (TPSA) is 64.3 Å². The van der Waals surface area contributed by atoms with Crippen LogP contribution in [0, 0.1) is 5.82 Å². The fraction of sp³-hybridized carbons (Fsp3) is 0.357. The Bertz CT molecular complexity index is 627. The molecule has 20 heavy (non-hydrogen) atoms. The predicted octanol–water partition coefficient (Wildman–Crippen LogP) is 2.78. The third-order valence-corrected chi connectivity index (χ3v) is 4.27. The fourth-order valence-corrected chi connectivity index (χ4v) is 3.05. The highest BCUT2D eigenvalue weighted by Gasteiger charge is 2.20. The summed E-state index contributed by atoms with van der Waals surface area (Å²) in [4.78, 5) is 12.6. The minimum absolute atomic E-state index is 0.0815. The highest BCUT2D eigenvalue weighted by Crippen LogP contribution is 2.35. The molecule has 1 aromatic heterocycles. The Morgan fingerprint density at radius 1 is 1.55 bits per heavy atom. The number of thiophene rings is 1. The summed E-state index contributed by atoms with van der Waals surface area (Å²) in [5.74, 6) is -0.689. The van der Waals surface area contributed by atoms with Crippen LogP contribution in [0.4, 0.5) is 10.1 Å². The Balaban J connectivity index is 2.31. The number of carbonyl (C=O) groups is 1. The van der Waals surface area contributed by atoms with Crippen LogP contribution in [0.5, 0.6) is 0 Å². The fourth-order valence-electron chi connectivity index (χ4n) is 2.01. The molecule has 1 heterocycles. The normalized spacial score (nSPS) is 12.6. The van der Waals surface area contributed by atoms with E-state index in [0.717, 1.165) is 6.42 Å². The summed E-state index contributed by atoms with van der Waals surface area (Å²) in [5.41, 5.74) is 6.11. The van der Waals surface area contributed by atoms with E-state index in [2.05, 4.69) is 5.32 Å². The average Bonchev–Trinajstić information content (AvgIpc) is 2.77. The summed E-state index contributed by atoms with van der Waals surface area (Å²) in [6.45, 7) is 2.39. The van der Waals surface area contributed by atoms with Crippen LogP contribution in [0.1, 0.15) is 23.0 Å². The summed E-state index contributed by atoms with van der Waals surface area (Å²) in [7, 11) is 1.58. The van der Waals surface area contributed by atoms with E-state index >= 15 is 0 Å². The van der Waals surface area contributed by atoms with Crippen LogP contribution in [-0.2, 0) is 4.74 Å². The van der Waals surface area contributed by atoms with Gasteiger partial charge in [0.2, 0.25) is 0 Å². The first-order chi connectivity index (χ1) is 9.58. The number of ether oxygens (including phenoxy) is 1. The maximum atomic E-state index is 13.7. The number of nitrogens with two attached hydrogens (primary N) is 1. The molecule has 3 N–H and O–H groups in total. The minimum atomic E-state index is -0.403. The van der Waals surface area contributed by atoms with Crippen molar-refractivity contribution in [3.05, 3.63) is 28.9 Å². The van der Waals surface area contributed by atoms with Crippen LogP contribution in [0.25, 0.3) is 10.1 Å². The standard InChI is InChI=1S/C14H17FN2O2S/c1-3-8(7-19-2)17-14(18)13-12(16)11-9(15)5-4-6-10(11)20-13/h4-6,8H,3,7,16H2,1-2H3,(H,17,18). The number of hydrogen-bond acceptors (Lipinski definition) is 4. The lowest BCUT2D eigenvalue weighted by atomic mass is 10.2. The van der Waals surface area contributed by atoms with Crippen LogP contribution < -0.4 is 11.1 Å². The molecule has 1 amide bonds. The van der Waals surface area contributed by atoms with Gasteiger partial charge in [0.25, 0.3) is 5.91 Å². The van der Waals surface area contributed by atoms with Crippen molar-refractivity contribution in [2.24, 2.45) is 0 Å². The zero-order valence-electron chi connectivity index (χ0n) is 11.4. The van der Waals surface area contributed by atoms with Crippen molar-refractivity contribution >= 4 is 33.0 Å². The van der Waals surface area contributed by atoms with Gasteiger partial charge in [-0.15, -0.1) is 11.3 Å². The number of amides is 1. The number of carbonyl (C=O) groups excluding carboxylic acids is 1. The van der Waals surface area contributed by atoms with E-state index in [1.807, 2.05) is 6.92 Å². The summed E-state index contributed by atoms with van der Waals surface area (Å²) >= 11 is 1.20. The molecule has 0 aliphatic rings. The maximum Gasteiger partial charge on any atom is 0.263 e. The van der Waals surface area contributed by atoms with Crippen LogP contribution in [-0.4, -0.2) is 25.7 Å². The first kappa shape index (κ1) is 14.7. The molecule has 0 spiro atoms. The number of rotatable bonds is 5. The van der Waals surface area contributed by atoms with Crippen LogP contribution in [0.2, 0.25) is 0 Å². The van der Waals surface area contributed by atoms with Gasteiger partial charge in [0, 0.05) is 11.8 Å². The highest BCUT2D eigenvalue weighted by molar-refractivity contribution is 7.21. The predicted molar refractivity (Wildman–Crippen MR) is 79.6 cm³/mol. The van der Waals surface area contributed by atoms with E-state index in [0.29, 0.717) is 21.6 Å². The second kappa shape index (κ2) is 6.19. The molecule has 0 saturated carbocycles. The second-order valence-corrected chi connectivity index (χ2v) is 5.54. The van der Waals surface area contributed by atoms with Crippen LogP contribution in [0.15, 0.2) is 18.2 Å². The molecule has 1 aromatic carbocycles. The lowest BCUT2D eigenvalue weighted by Crippen LogP contribution is -2.37. The number of halogens is 1. The highest BCUT2D eigenvalue weighted by atomic mass is 32.1. The van der Waals surface area contributed by atoms with E-state index in [1.54, 1.807) is 19.2 Å². The minimum Gasteiger partial charge on any atom is -0.397 e. The molecule has 108 valence electrons. The summed E-state index contributed by atoms with van der Waals surface area (Å²) in [5, 5.41) is 3.17. The molecule has 2 rings (SSSR count). The Hall–Kier alpha value is -1.66. The molecule has 0 saturated heterocycles. The molecule has 0 radical (unpaired) electrons. The second-order valence-electron chi connectivity index (χ2n) is 4.49. The van der Waals surface area contributed by atoms with E-state index in [1.165, 1.54) is 17.4 Å². The number of benzene rings is 1. The number of hydrogen-bond donors (Lipinski definition) is 2. The monoisotopic (exact) mass is 296 g/mol. The summed E-state index contributed by atoms with van der Waals surface area (Å²) < 4.78 is 19.5. The molecule has 2 aromatic rings. The Morgan fingerprint density at radius 2 is 2.30 bits per heavy atom. The molecule has 4 nitrogen and oxygen atoms in total. The van der Waals surface area contributed by atoms with Gasteiger partial charge in [-0.05, 0) is 18.6 Å². The van der Waals surface area contributed by atoms with Crippen molar-refractivity contribution < 1.29 is 13.9 Å². The van der Waals surface area contributed by atoms with E-state index in [9.17, 15) is 9.18 Å². The molecule has 1 unspecified atom stereocenters. The van der Waals surface area contributed by atoms with Gasteiger partial charge in [-0.2, -0.15) is 0 Å². The van der Waals surface area contributed by atoms with Crippen LogP contribution in [0.3, 0.4) is 0 Å². The van der Waals surface area contributed by atoms with Gasteiger partial charge in [-0.25, -0.2) is 4.39 Å². The number of anilines is 1. The number of nitrogen functional groups attached to an aromatic ring is 1. The molecule has 1 atom stereocenters. The number of fused-ring (bicyclic) bond motifs is 1. The van der Waals surface area contributed by atoms with Gasteiger partial charge < -0.3 is 15.8 Å². The first-order valence-corrected chi connectivity index (χ1v) is 7.16. The Kier molecular flexibility index (Phi) is 4.57. The van der Waals surface area contributed by atoms with E-state index in [4.69, 9.17) is 10.5 Å². The van der Waals surface area contributed by atoms with Gasteiger partial charge >= 0.3 is 0 Å². The molecule has 6 heteroatoms. The van der Waals surface area contributed by atoms with Gasteiger partial charge in [0.15, 0.2) is 0 Å². The molecular formula is C14H17FN2O2S. The first-order valence-electron chi connectivity index (χ1n) is 6.34. The Labute approximate surface area is 120 Å². The maximum absolute atomic E-state index is 13.7. The van der Waals surface area contributed by atoms with E-state index in [-0.39, 0.29) is 17.6 Å². The third-order valence-electron chi connectivity index (χ3n) is 3.10. The van der Waals surface area contributed by atoms with Crippen molar-refractivity contribution in [1.29, 1.82) is 0 Å². The molecule has 0 fully saturated rings. The lowest BCUT2D eigenvalue weighted by Gasteiger charge is -2.15. The quantitative estimate of drug-likeness (QED) is 0.891. The largest absolute Gasteiger partial charge is 0.397 e. The average molecular weight is 296 g/mol. The number of methoxy groups -OCH3 is 1. The number of nitrogens with one attached hydrogen (secondary N) is 1. The molecular weight excluding hydrogens is 279 g/mol. The van der Waals surface area contributed by atoms with Crippen molar-refractivity contribution in [1.82, 2.24) is 5.32 Å². The summed E-state index contributed by atoms with van der Waals surface area (Å²) in [6.07, 6.45) is 0.749. The van der Waals surface area contributed by atoms with Crippen molar-refractivity contribution in [2.45, 2.75) is 19.4 Å². The smallest absolute Gasteiger partial charge is 0.263 e. The molecule has 0 aliphatic carbocycles. The van der Waals surface area contributed by atoms with Crippen molar-refractivity contribution in [3.63, 3.8) is 0 Å².